The van der Waals surface area contributed by atoms with Crippen molar-refractivity contribution in [3.8, 4) is 0 Å². The molecule has 0 aliphatic rings. The number of aromatic nitrogens is 1. The Morgan fingerprint density at radius 1 is 0.607 bits per heavy atom. The molecule has 3 aromatic carbocycles. The molecular weight excluding hydrogens is 340 g/mol. The second-order valence-corrected chi connectivity index (χ2v) is 7.26. The predicted molar refractivity (Wildman–Crippen MR) is 117 cm³/mol. The highest BCUT2D eigenvalue weighted by Gasteiger charge is 2.08. The van der Waals surface area contributed by atoms with Gasteiger partial charge in [0.05, 0.1) is 0 Å². The first kappa shape index (κ1) is 18.4. The summed E-state index contributed by atoms with van der Waals surface area (Å²) in [5, 5.41) is 2.61. The van der Waals surface area contributed by atoms with Gasteiger partial charge in [0.25, 0.3) is 0 Å². The highest BCUT2D eigenvalue weighted by atomic mass is 15.1. The molecule has 4 rings (SSSR count). The molecule has 0 aliphatic carbocycles. The molecule has 0 fully saturated rings. The Morgan fingerprint density at radius 2 is 1.36 bits per heavy atom. The molecule has 0 amide bonds. The minimum atomic E-state index is 0.963. The van der Waals surface area contributed by atoms with Crippen LogP contribution in [0.25, 0.3) is 10.8 Å². The van der Waals surface area contributed by atoms with Gasteiger partial charge >= 0.3 is 0 Å². The molecular formula is C26H26N2. The first-order valence-electron chi connectivity index (χ1n) is 10.0. The first-order valence-corrected chi connectivity index (χ1v) is 10.0. The van der Waals surface area contributed by atoms with Gasteiger partial charge < -0.3 is 0 Å². The van der Waals surface area contributed by atoms with Crippen molar-refractivity contribution < 1.29 is 0 Å². The zero-order valence-corrected chi connectivity index (χ0v) is 16.2. The van der Waals surface area contributed by atoms with Gasteiger partial charge in [-0.2, -0.15) is 0 Å². The van der Waals surface area contributed by atoms with Crippen LogP contribution in [0, 0.1) is 0 Å². The zero-order valence-electron chi connectivity index (χ0n) is 16.2. The van der Waals surface area contributed by atoms with Gasteiger partial charge in [-0.1, -0.05) is 72.8 Å². The summed E-state index contributed by atoms with van der Waals surface area (Å²) in [6.45, 7) is 3.02. The van der Waals surface area contributed by atoms with Crippen molar-refractivity contribution in [1.29, 1.82) is 0 Å². The largest absolute Gasteiger partial charge is 0.298 e. The van der Waals surface area contributed by atoms with Crippen LogP contribution in [0.1, 0.15) is 16.8 Å². The van der Waals surface area contributed by atoms with E-state index >= 15 is 0 Å². The average molecular weight is 367 g/mol. The van der Waals surface area contributed by atoms with Gasteiger partial charge in [-0.25, -0.2) is 0 Å². The van der Waals surface area contributed by atoms with E-state index in [9.17, 15) is 0 Å². The Hall–Kier alpha value is -2.97. The van der Waals surface area contributed by atoms with Crippen molar-refractivity contribution in [2.45, 2.75) is 19.4 Å². The molecule has 4 aromatic rings. The molecule has 0 saturated carbocycles. The Labute approximate surface area is 167 Å². The lowest BCUT2D eigenvalue weighted by atomic mass is 10.1. The molecule has 2 nitrogen and oxygen atoms in total. The summed E-state index contributed by atoms with van der Waals surface area (Å²) in [7, 11) is 0. The standard InChI is InChI=1S/C26H26N2/c1-2-8-22(9-3-1)15-18-28(19-16-26-12-6-7-17-27-26)21-23-13-14-24-10-4-5-11-25(24)20-23/h1-14,17,20H,15-16,18-19,21H2. The van der Waals surface area contributed by atoms with E-state index in [0.717, 1.165) is 38.2 Å². The molecule has 28 heavy (non-hydrogen) atoms. The van der Waals surface area contributed by atoms with E-state index in [1.54, 1.807) is 0 Å². The molecule has 0 bridgehead atoms. The number of hydrogen-bond donors (Lipinski definition) is 0. The molecule has 0 saturated heterocycles. The minimum Gasteiger partial charge on any atom is -0.298 e. The topological polar surface area (TPSA) is 16.1 Å². The third-order valence-corrected chi connectivity index (χ3v) is 5.19. The monoisotopic (exact) mass is 366 g/mol. The SMILES string of the molecule is c1ccc(CCN(CCc2ccccn2)Cc2ccc3ccccc3c2)cc1. The fourth-order valence-electron chi connectivity index (χ4n) is 3.62. The highest BCUT2D eigenvalue weighted by molar-refractivity contribution is 5.82. The maximum absolute atomic E-state index is 4.49. The van der Waals surface area contributed by atoms with E-state index in [1.165, 1.54) is 21.9 Å². The van der Waals surface area contributed by atoms with Gasteiger partial charge in [-0.05, 0) is 46.5 Å². The van der Waals surface area contributed by atoms with Crippen molar-refractivity contribution in [2.24, 2.45) is 0 Å². The van der Waals surface area contributed by atoms with Gasteiger partial charge in [0.2, 0.25) is 0 Å². The summed E-state index contributed by atoms with van der Waals surface area (Å²) in [6, 6.07) is 32.3. The van der Waals surface area contributed by atoms with Crippen LogP contribution in [0.4, 0.5) is 0 Å². The third-order valence-electron chi connectivity index (χ3n) is 5.19. The molecule has 0 unspecified atom stereocenters. The normalized spacial score (nSPS) is 11.2. The van der Waals surface area contributed by atoms with Crippen LogP contribution in [0.3, 0.4) is 0 Å². The molecule has 0 spiro atoms. The summed E-state index contributed by atoms with van der Waals surface area (Å²) in [5.74, 6) is 0. The number of hydrogen-bond acceptors (Lipinski definition) is 2. The van der Waals surface area contributed by atoms with E-state index in [4.69, 9.17) is 0 Å². The van der Waals surface area contributed by atoms with Crippen molar-refractivity contribution in [1.82, 2.24) is 9.88 Å². The first-order chi connectivity index (χ1) is 13.9. The molecule has 1 aromatic heterocycles. The number of fused-ring (bicyclic) bond motifs is 1. The van der Waals surface area contributed by atoms with Crippen LogP contribution >= 0.6 is 0 Å². The Bertz CT molecular complexity index is 953. The van der Waals surface area contributed by atoms with Crippen molar-refractivity contribution in [3.63, 3.8) is 0 Å². The van der Waals surface area contributed by atoms with E-state index in [0.29, 0.717) is 0 Å². The van der Waals surface area contributed by atoms with Crippen molar-refractivity contribution >= 4 is 10.8 Å². The van der Waals surface area contributed by atoms with Gasteiger partial charge in [-0.3, -0.25) is 9.88 Å². The molecule has 0 aliphatic heterocycles. The van der Waals surface area contributed by atoms with Gasteiger partial charge in [0.15, 0.2) is 0 Å². The maximum Gasteiger partial charge on any atom is 0.0416 e. The predicted octanol–water partition coefficient (Wildman–Crippen LogP) is 5.52. The highest BCUT2D eigenvalue weighted by Crippen LogP contribution is 2.17. The Morgan fingerprint density at radius 3 is 2.18 bits per heavy atom. The molecule has 0 atom stereocenters. The van der Waals surface area contributed by atoms with E-state index < -0.39 is 0 Å². The lowest BCUT2D eigenvalue weighted by Crippen LogP contribution is -2.28. The molecule has 140 valence electrons. The van der Waals surface area contributed by atoms with Gasteiger partial charge in [-0.15, -0.1) is 0 Å². The lowest BCUT2D eigenvalue weighted by molar-refractivity contribution is 0.271. The fourth-order valence-corrected chi connectivity index (χ4v) is 3.62. The van der Waals surface area contributed by atoms with Crippen molar-refractivity contribution in [2.75, 3.05) is 13.1 Å². The summed E-state index contributed by atoms with van der Waals surface area (Å²) in [5.41, 5.74) is 3.92. The fraction of sp³-hybridized carbons (Fsp3) is 0.192. The Balaban J connectivity index is 1.47. The van der Waals surface area contributed by atoms with Crippen LogP contribution in [0.5, 0.6) is 0 Å². The number of rotatable bonds is 8. The Kier molecular flexibility index (Phi) is 6.11. The smallest absolute Gasteiger partial charge is 0.0416 e. The van der Waals surface area contributed by atoms with Crippen LogP contribution in [0.15, 0.2) is 97.2 Å². The van der Waals surface area contributed by atoms with Crippen LogP contribution < -0.4 is 0 Å². The van der Waals surface area contributed by atoms with Crippen LogP contribution in [0.2, 0.25) is 0 Å². The summed E-state index contributed by atoms with van der Waals surface area (Å²) >= 11 is 0. The summed E-state index contributed by atoms with van der Waals surface area (Å²) in [4.78, 5) is 7.04. The minimum absolute atomic E-state index is 0.963. The third kappa shape index (κ3) is 5.05. The van der Waals surface area contributed by atoms with E-state index in [2.05, 4.69) is 94.8 Å². The molecule has 0 radical (unpaired) electrons. The quantitative estimate of drug-likeness (QED) is 0.408. The number of nitrogens with zero attached hydrogens (tertiary/aromatic N) is 2. The summed E-state index contributed by atoms with van der Waals surface area (Å²) < 4.78 is 0. The van der Waals surface area contributed by atoms with Crippen LogP contribution in [-0.4, -0.2) is 23.0 Å². The molecule has 1 heterocycles. The number of benzene rings is 3. The number of pyridine rings is 1. The van der Waals surface area contributed by atoms with Gasteiger partial charge in [0, 0.05) is 37.9 Å². The molecule has 2 heteroatoms. The van der Waals surface area contributed by atoms with E-state index in [-0.39, 0.29) is 0 Å². The van der Waals surface area contributed by atoms with Crippen LogP contribution in [-0.2, 0) is 19.4 Å². The van der Waals surface area contributed by atoms with Crippen molar-refractivity contribution in [3.05, 3.63) is 114 Å². The molecule has 0 N–H and O–H groups in total. The lowest BCUT2D eigenvalue weighted by Gasteiger charge is -2.23. The average Bonchev–Trinajstić information content (AvgIpc) is 2.77. The zero-order chi connectivity index (χ0) is 19.0. The van der Waals surface area contributed by atoms with Gasteiger partial charge in [0.1, 0.15) is 0 Å². The second-order valence-electron chi connectivity index (χ2n) is 7.26. The van der Waals surface area contributed by atoms with E-state index in [1.807, 2.05) is 12.3 Å². The maximum atomic E-state index is 4.49. The summed E-state index contributed by atoms with van der Waals surface area (Å²) in [6.07, 6.45) is 3.92. The second kappa shape index (κ2) is 9.29.